The van der Waals surface area contributed by atoms with Crippen molar-refractivity contribution >= 4 is 15.9 Å². The Bertz CT molecular complexity index is 644. The van der Waals surface area contributed by atoms with Crippen molar-refractivity contribution in [3.8, 4) is 0 Å². The van der Waals surface area contributed by atoms with Gasteiger partial charge in [0.2, 0.25) is 15.9 Å². The lowest BCUT2D eigenvalue weighted by Gasteiger charge is -2.15. The molecule has 6 nitrogen and oxygen atoms in total. The van der Waals surface area contributed by atoms with E-state index >= 15 is 0 Å². The molecular weight excluding hydrogens is 323 g/mol. The predicted molar refractivity (Wildman–Crippen MR) is 70.2 cm³/mol. The van der Waals surface area contributed by atoms with E-state index in [2.05, 4.69) is 9.71 Å². The first-order valence-corrected chi connectivity index (χ1v) is 7.99. The summed E-state index contributed by atoms with van der Waals surface area (Å²) in [5.74, 6) is -0.0320. The number of hydrogen-bond donors (Lipinski definition) is 1. The summed E-state index contributed by atoms with van der Waals surface area (Å²) in [7, 11) is -3.95. The highest BCUT2D eigenvalue weighted by atomic mass is 32.2. The lowest BCUT2D eigenvalue weighted by atomic mass is 10.3. The van der Waals surface area contributed by atoms with Gasteiger partial charge in [0.05, 0.1) is 0 Å². The molecule has 1 aliphatic rings. The Morgan fingerprint density at radius 2 is 2.05 bits per heavy atom. The minimum absolute atomic E-state index is 0.00487. The Labute approximate surface area is 125 Å². The van der Waals surface area contributed by atoms with Crippen LogP contribution >= 0.6 is 0 Å². The van der Waals surface area contributed by atoms with Crippen LogP contribution in [0.1, 0.15) is 18.5 Å². The SMILES string of the molecule is O=C1CCCN1CCNS(=O)(=O)c1ccc(C(F)(F)F)nc1. The van der Waals surface area contributed by atoms with Crippen LogP contribution in [0.15, 0.2) is 23.2 Å². The van der Waals surface area contributed by atoms with Crippen molar-refractivity contribution in [1.82, 2.24) is 14.6 Å². The van der Waals surface area contributed by atoms with Gasteiger partial charge in [-0.25, -0.2) is 13.1 Å². The molecule has 2 heterocycles. The standard InChI is InChI=1S/C12H14F3N3O3S/c13-12(14,15)10-4-3-9(8-16-10)22(20,21)17-5-7-18-6-1-2-11(18)19/h3-4,8,17H,1-2,5-7H2. The van der Waals surface area contributed by atoms with Gasteiger partial charge in [-0.05, 0) is 18.6 Å². The molecule has 1 saturated heterocycles. The number of nitrogens with zero attached hydrogens (tertiary/aromatic N) is 2. The zero-order chi connectivity index (χ0) is 16.4. The number of likely N-dealkylation sites (tertiary alicyclic amines) is 1. The molecule has 0 aliphatic carbocycles. The van der Waals surface area contributed by atoms with Crippen molar-refractivity contribution in [2.45, 2.75) is 23.9 Å². The molecule has 0 unspecified atom stereocenters. The number of carbonyl (C=O) groups is 1. The molecule has 0 saturated carbocycles. The second-order valence-electron chi connectivity index (χ2n) is 4.76. The van der Waals surface area contributed by atoms with Gasteiger partial charge in [-0.1, -0.05) is 0 Å². The third-order valence-electron chi connectivity index (χ3n) is 3.18. The smallest absolute Gasteiger partial charge is 0.341 e. The van der Waals surface area contributed by atoms with Gasteiger partial charge in [0, 0.05) is 32.3 Å². The fraction of sp³-hybridized carbons (Fsp3) is 0.500. The van der Waals surface area contributed by atoms with Crippen molar-refractivity contribution in [2.75, 3.05) is 19.6 Å². The van der Waals surface area contributed by atoms with Gasteiger partial charge >= 0.3 is 6.18 Å². The van der Waals surface area contributed by atoms with Gasteiger partial charge in [-0.3, -0.25) is 9.78 Å². The van der Waals surface area contributed by atoms with Crippen molar-refractivity contribution in [3.05, 3.63) is 24.0 Å². The Kier molecular flexibility index (Phi) is 4.71. The largest absolute Gasteiger partial charge is 0.433 e. The average molecular weight is 337 g/mol. The molecule has 0 radical (unpaired) electrons. The first-order chi connectivity index (χ1) is 10.2. The van der Waals surface area contributed by atoms with Crippen LogP contribution in [0.2, 0.25) is 0 Å². The molecule has 1 aromatic heterocycles. The third-order valence-corrected chi connectivity index (χ3v) is 4.63. The Morgan fingerprint density at radius 1 is 1.32 bits per heavy atom. The van der Waals surface area contributed by atoms with Crippen LogP contribution in [0.25, 0.3) is 0 Å². The minimum atomic E-state index is -4.62. The minimum Gasteiger partial charge on any atom is -0.341 e. The number of carbonyl (C=O) groups excluding carboxylic acids is 1. The highest BCUT2D eigenvalue weighted by molar-refractivity contribution is 7.89. The zero-order valence-electron chi connectivity index (χ0n) is 11.4. The molecule has 1 N–H and O–H groups in total. The van der Waals surface area contributed by atoms with E-state index in [4.69, 9.17) is 0 Å². The number of nitrogens with one attached hydrogen (secondary N) is 1. The summed E-state index contributed by atoms with van der Waals surface area (Å²) in [5, 5.41) is 0. The monoisotopic (exact) mass is 337 g/mol. The second kappa shape index (κ2) is 6.21. The van der Waals surface area contributed by atoms with Gasteiger partial charge in [-0.2, -0.15) is 13.2 Å². The molecule has 1 amide bonds. The number of amides is 1. The highest BCUT2D eigenvalue weighted by Crippen LogP contribution is 2.27. The fourth-order valence-electron chi connectivity index (χ4n) is 2.05. The molecule has 0 bridgehead atoms. The van der Waals surface area contributed by atoms with Gasteiger partial charge in [0.1, 0.15) is 10.6 Å². The Balaban J connectivity index is 1.96. The van der Waals surface area contributed by atoms with Crippen LogP contribution in [0.5, 0.6) is 0 Å². The molecule has 22 heavy (non-hydrogen) atoms. The molecule has 1 aromatic rings. The number of hydrogen-bond acceptors (Lipinski definition) is 4. The Morgan fingerprint density at radius 3 is 2.55 bits per heavy atom. The lowest BCUT2D eigenvalue weighted by molar-refractivity contribution is -0.141. The summed E-state index contributed by atoms with van der Waals surface area (Å²) in [6, 6.07) is 1.46. The maximum atomic E-state index is 12.4. The van der Waals surface area contributed by atoms with E-state index in [0.717, 1.165) is 12.5 Å². The normalized spacial score (nSPS) is 16.3. The fourth-order valence-corrected chi connectivity index (χ4v) is 3.01. The highest BCUT2D eigenvalue weighted by Gasteiger charge is 2.32. The van der Waals surface area contributed by atoms with Crippen LogP contribution in [0, 0.1) is 0 Å². The lowest BCUT2D eigenvalue weighted by Crippen LogP contribution is -2.35. The molecule has 122 valence electrons. The average Bonchev–Trinajstić information content (AvgIpc) is 2.83. The maximum absolute atomic E-state index is 12.4. The van der Waals surface area contributed by atoms with Gasteiger partial charge < -0.3 is 4.90 Å². The van der Waals surface area contributed by atoms with Gasteiger partial charge in [0.15, 0.2) is 0 Å². The first-order valence-electron chi connectivity index (χ1n) is 6.51. The molecule has 0 aromatic carbocycles. The van der Waals surface area contributed by atoms with E-state index < -0.39 is 21.9 Å². The van der Waals surface area contributed by atoms with E-state index in [-0.39, 0.29) is 23.9 Å². The second-order valence-corrected chi connectivity index (χ2v) is 6.53. The van der Waals surface area contributed by atoms with Crippen molar-refractivity contribution in [2.24, 2.45) is 0 Å². The molecule has 0 spiro atoms. The zero-order valence-corrected chi connectivity index (χ0v) is 12.2. The number of halogens is 3. The summed E-state index contributed by atoms with van der Waals surface area (Å²) in [5.41, 5.74) is -1.16. The van der Waals surface area contributed by atoms with Crippen LogP contribution in [0.3, 0.4) is 0 Å². The van der Waals surface area contributed by atoms with Crippen molar-refractivity contribution < 1.29 is 26.4 Å². The summed E-state index contributed by atoms with van der Waals surface area (Å²) in [6.07, 6.45) is -2.76. The van der Waals surface area contributed by atoms with E-state index in [1.54, 1.807) is 0 Å². The number of sulfonamides is 1. The van der Waals surface area contributed by atoms with Crippen LogP contribution in [-0.2, 0) is 21.0 Å². The molecule has 1 aliphatic heterocycles. The number of rotatable bonds is 5. The number of pyridine rings is 1. The van der Waals surface area contributed by atoms with Crippen molar-refractivity contribution in [3.63, 3.8) is 0 Å². The molecule has 1 fully saturated rings. The van der Waals surface area contributed by atoms with E-state index in [9.17, 15) is 26.4 Å². The molecule has 0 atom stereocenters. The summed E-state index contributed by atoms with van der Waals surface area (Å²) in [6.45, 7) is 0.809. The van der Waals surface area contributed by atoms with E-state index in [1.807, 2.05) is 0 Å². The summed E-state index contributed by atoms with van der Waals surface area (Å²) >= 11 is 0. The Hall–Kier alpha value is -1.68. The third kappa shape index (κ3) is 3.95. The van der Waals surface area contributed by atoms with Crippen molar-refractivity contribution in [1.29, 1.82) is 0 Å². The van der Waals surface area contributed by atoms with Crippen LogP contribution < -0.4 is 4.72 Å². The topological polar surface area (TPSA) is 79.4 Å². The van der Waals surface area contributed by atoms with E-state index in [0.29, 0.717) is 25.2 Å². The molecule has 10 heteroatoms. The maximum Gasteiger partial charge on any atom is 0.433 e. The van der Waals surface area contributed by atoms with Crippen LogP contribution in [0.4, 0.5) is 13.2 Å². The quantitative estimate of drug-likeness (QED) is 0.869. The molecular formula is C12H14F3N3O3S. The van der Waals surface area contributed by atoms with Crippen LogP contribution in [-0.4, -0.2) is 43.8 Å². The molecule has 2 rings (SSSR count). The van der Waals surface area contributed by atoms with E-state index in [1.165, 1.54) is 4.90 Å². The number of alkyl halides is 3. The predicted octanol–water partition coefficient (Wildman–Crippen LogP) is 1.00. The van der Waals surface area contributed by atoms with Gasteiger partial charge in [0.25, 0.3) is 0 Å². The summed E-state index contributed by atoms with van der Waals surface area (Å²) < 4.78 is 63.2. The number of aromatic nitrogens is 1. The van der Waals surface area contributed by atoms with Gasteiger partial charge in [-0.15, -0.1) is 0 Å². The summed E-state index contributed by atoms with van der Waals surface area (Å²) in [4.78, 5) is 15.7. The first kappa shape index (κ1) is 16.7.